The van der Waals surface area contributed by atoms with Gasteiger partial charge in [-0.05, 0) is 43.2 Å². The van der Waals surface area contributed by atoms with Crippen molar-refractivity contribution >= 4 is 21.6 Å². The van der Waals surface area contributed by atoms with E-state index in [0.29, 0.717) is 17.2 Å². The fraction of sp³-hybridized carbons (Fsp3) is 0.350. The van der Waals surface area contributed by atoms with Gasteiger partial charge >= 0.3 is 0 Å². The fourth-order valence-electron chi connectivity index (χ4n) is 2.65. The van der Waals surface area contributed by atoms with E-state index in [1.165, 1.54) is 0 Å². The number of amides is 1. The van der Waals surface area contributed by atoms with Gasteiger partial charge in [0.1, 0.15) is 13.2 Å². The number of hydrogen-bond donors (Lipinski definition) is 1. The molecule has 0 bridgehead atoms. The van der Waals surface area contributed by atoms with Gasteiger partial charge in [-0.25, -0.2) is 8.42 Å². The molecule has 0 atom stereocenters. The smallest absolute Gasteiger partial charge is 0.240 e. The summed E-state index contributed by atoms with van der Waals surface area (Å²) in [6.45, 7) is 3.86. The zero-order valence-corrected chi connectivity index (χ0v) is 17.4. The van der Waals surface area contributed by atoms with Crippen LogP contribution in [-0.2, 0) is 14.8 Å². The minimum atomic E-state index is -3.61. The fourth-order valence-corrected chi connectivity index (χ4v) is 3.55. The third-order valence-corrected chi connectivity index (χ3v) is 5.20. The number of carbonyl (C=O) groups is 1. The van der Waals surface area contributed by atoms with Gasteiger partial charge in [0.05, 0.1) is 25.6 Å². The van der Waals surface area contributed by atoms with Crippen molar-refractivity contribution in [2.45, 2.75) is 13.8 Å². The Morgan fingerprint density at radius 3 is 2.43 bits per heavy atom. The summed E-state index contributed by atoms with van der Waals surface area (Å²) in [7, 11) is -2.06. The lowest BCUT2D eigenvalue weighted by Crippen LogP contribution is -2.41. The Kier molecular flexibility index (Phi) is 7.28. The molecule has 1 N–H and O–H groups in total. The van der Waals surface area contributed by atoms with Gasteiger partial charge in [0.2, 0.25) is 15.9 Å². The van der Waals surface area contributed by atoms with E-state index in [-0.39, 0.29) is 19.7 Å². The number of anilines is 1. The van der Waals surface area contributed by atoms with E-state index in [4.69, 9.17) is 9.47 Å². The number of nitrogens with zero attached hydrogens (tertiary/aromatic N) is 1. The first-order chi connectivity index (χ1) is 13.2. The number of methoxy groups -OCH3 is 1. The molecular weight excluding hydrogens is 380 g/mol. The molecule has 0 aromatic heterocycles. The number of aryl methyl sites for hydroxylation is 2. The Balaban J connectivity index is 1.96. The summed E-state index contributed by atoms with van der Waals surface area (Å²) in [6, 6.07) is 12.7. The first kappa shape index (κ1) is 21.6. The molecule has 0 saturated carbocycles. The molecule has 0 aliphatic rings. The molecule has 2 aromatic rings. The molecule has 0 spiro atoms. The molecule has 0 heterocycles. The molecule has 0 fully saturated rings. The highest BCUT2D eigenvalue weighted by Crippen LogP contribution is 2.25. The van der Waals surface area contributed by atoms with Crippen LogP contribution in [0.2, 0.25) is 0 Å². The van der Waals surface area contributed by atoms with Gasteiger partial charge in [0.25, 0.3) is 0 Å². The zero-order valence-electron chi connectivity index (χ0n) is 16.6. The van der Waals surface area contributed by atoms with Crippen molar-refractivity contribution in [1.82, 2.24) is 5.32 Å². The summed E-state index contributed by atoms with van der Waals surface area (Å²) >= 11 is 0. The van der Waals surface area contributed by atoms with Crippen LogP contribution in [0, 0.1) is 13.8 Å². The normalized spacial score (nSPS) is 11.0. The lowest BCUT2D eigenvalue weighted by Gasteiger charge is -2.24. The molecule has 0 aliphatic carbocycles. The Morgan fingerprint density at radius 1 is 1.11 bits per heavy atom. The van der Waals surface area contributed by atoms with Crippen molar-refractivity contribution in [3.05, 3.63) is 53.6 Å². The molecular formula is C20H26N2O5S. The van der Waals surface area contributed by atoms with E-state index in [1.807, 2.05) is 38.1 Å². The number of rotatable bonds is 9. The summed E-state index contributed by atoms with van der Waals surface area (Å²) < 4.78 is 36.4. The lowest BCUT2D eigenvalue weighted by molar-refractivity contribution is -0.119. The maximum absolute atomic E-state index is 12.3. The standard InChI is InChI=1S/C20H26N2O5S/c1-15-9-10-16(2)17(13-15)22(28(4,24)25)14-20(23)21-11-12-27-19-8-6-5-7-18(19)26-3/h5-10,13H,11-12,14H2,1-4H3,(H,21,23). The van der Waals surface area contributed by atoms with Gasteiger partial charge in [0, 0.05) is 0 Å². The number of carbonyl (C=O) groups excluding carboxylic acids is 1. The maximum Gasteiger partial charge on any atom is 0.240 e. The molecule has 152 valence electrons. The zero-order chi connectivity index (χ0) is 20.7. The number of hydrogen-bond acceptors (Lipinski definition) is 5. The Bertz CT molecular complexity index is 928. The molecule has 28 heavy (non-hydrogen) atoms. The van der Waals surface area contributed by atoms with Crippen LogP contribution in [0.1, 0.15) is 11.1 Å². The average molecular weight is 407 g/mol. The Labute approximate surface area is 166 Å². The van der Waals surface area contributed by atoms with Crippen molar-refractivity contribution in [3.63, 3.8) is 0 Å². The number of para-hydroxylation sites is 2. The van der Waals surface area contributed by atoms with Crippen molar-refractivity contribution in [1.29, 1.82) is 0 Å². The van der Waals surface area contributed by atoms with Crippen LogP contribution < -0.4 is 19.1 Å². The van der Waals surface area contributed by atoms with Gasteiger partial charge < -0.3 is 14.8 Å². The van der Waals surface area contributed by atoms with Crippen molar-refractivity contribution in [2.24, 2.45) is 0 Å². The summed E-state index contributed by atoms with van der Waals surface area (Å²) in [6.07, 6.45) is 1.09. The number of sulfonamides is 1. The topological polar surface area (TPSA) is 84.9 Å². The molecule has 2 aromatic carbocycles. The predicted molar refractivity (Wildman–Crippen MR) is 110 cm³/mol. The molecule has 8 heteroatoms. The summed E-state index contributed by atoms with van der Waals surface area (Å²) in [5.41, 5.74) is 2.20. The number of nitrogens with one attached hydrogen (secondary N) is 1. The highest BCUT2D eigenvalue weighted by atomic mass is 32.2. The van der Waals surface area contributed by atoms with Crippen LogP contribution in [0.15, 0.2) is 42.5 Å². The van der Waals surface area contributed by atoms with Crippen LogP contribution in [0.4, 0.5) is 5.69 Å². The highest BCUT2D eigenvalue weighted by Gasteiger charge is 2.22. The lowest BCUT2D eigenvalue weighted by atomic mass is 10.1. The van der Waals surface area contributed by atoms with Crippen LogP contribution in [0.3, 0.4) is 0 Å². The van der Waals surface area contributed by atoms with Crippen LogP contribution in [-0.4, -0.2) is 47.4 Å². The third kappa shape index (κ3) is 5.88. The molecule has 0 saturated heterocycles. The molecule has 0 radical (unpaired) electrons. The third-order valence-electron chi connectivity index (χ3n) is 4.07. The van der Waals surface area contributed by atoms with E-state index in [1.54, 1.807) is 25.3 Å². The predicted octanol–water partition coefficient (Wildman–Crippen LogP) is 2.27. The second-order valence-corrected chi connectivity index (χ2v) is 8.32. The van der Waals surface area contributed by atoms with E-state index in [2.05, 4.69) is 5.32 Å². The van der Waals surface area contributed by atoms with E-state index < -0.39 is 15.9 Å². The summed E-state index contributed by atoms with van der Waals surface area (Å²) in [4.78, 5) is 12.3. The Hall–Kier alpha value is -2.74. The second kappa shape index (κ2) is 9.45. The van der Waals surface area contributed by atoms with Crippen LogP contribution in [0.25, 0.3) is 0 Å². The van der Waals surface area contributed by atoms with Crippen molar-refractivity contribution in [3.8, 4) is 11.5 Å². The Morgan fingerprint density at radius 2 is 1.79 bits per heavy atom. The van der Waals surface area contributed by atoms with Gasteiger partial charge in [-0.2, -0.15) is 0 Å². The minimum absolute atomic E-state index is 0.231. The minimum Gasteiger partial charge on any atom is -0.493 e. The van der Waals surface area contributed by atoms with Crippen molar-refractivity contribution in [2.75, 3.05) is 37.4 Å². The average Bonchev–Trinajstić information content (AvgIpc) is 2.65. The number of ether oxygens (including phenoxy) is 2. The van der Waals surface area contributed by atoms with Gasteiger partial charge in [0.15, 0.2) is 11.5 Å². The highest BCUT2D eigenvalue weighted by molar-refractivity contribution is 7.92. The number of benzene rings is 2. The van der Waals surface area contributed by atoms with Gasteiger partial charge in [-0.1, -0.05) is 24.3 Å². The quantitative estimate of drug-likeness (QED) is 0.646. The molecule has 7 nitrogen and oxygen atoms in total. The van der Waals surface area contributed by atoms with Crippen molar-refractivity contribution < 1.29 is 22.7 Å². The van der Waals surface area contributed by atoms with Gasteiger partial charge in [-0.15, -0.1) is 0 Å². The van der Waals surface area contributed by atoms with Crippen LogP contribution in [0.5, 0.6) is 11.5 Å². The molecule has 0 aliphatic heterocycles. The van der Waals surface area contributed by atoms with E-state index in [0.717, 1.165) is 21.7 Å². The monoisotopic (exact) mass is 406 g/mol. The van der Waals surface area contributed by atoms with Gasteiger partial charge in [-0.3, -0.25) is 9.10 Å². The largest absolute Gasteiger partial charge is 0.493 e. The first-order valence-corrected chi connectivity index (χ1v) is 10.6. The summed E-state index contributed by atoms with van der Waals surface area (Å²) in [5.74, 6) is 0.773. The molecule has 1 amide bonds. The second-order valence-electron chi connectivity index (χ2n) is 6.41. The first-order valence-electron chi connectivity index (χ1n) is 8.80. The molecule has 2 rings (SSSR count). The van der Waals surface area contributed by atoms with E-state index >= 15 is 0 Å². The molecule has 0 unspecified atom stereocenters. The maximum atomic E-state index is 12.3. The summed E-state index contributed by atoms with van der Waals surface area (Å²) in [5, 5.41) is 2.69. The van der Waals surface area contributed by atoms with Crippen LogP contribution >= 0.6 is 0 Å². The van der Waals surface area contributed by atoms with E-state index in [9.17, 15) is 13.2 Å². The SMILES string of the molecule is COc1ccccc1OCCNC(=O)CN(c1cc(C)ccc1C)S(C)(=O)=O.